The van der Waals surface area contributed by atoms with E-state index in [0.29, 0.717) is 19.4 Å². The van der Waals surface area contributed by atoms with Crippen LogP contribution in [0.25, 0.3) is 0 Å². The van der Waals surface area contributed by atoms with E-state index in [4.69, 9.17) is 25.8 Å². The highest BCUT2D eigenvalue weighted by molar-refractivity contribution is 6.31. The first-order chi connectivity index (χ1) is 16.2. The Hall–Kier alpha value is -2.59. The van der Waals surface area contributed by atoms with E-state index in [1.807, 2.05) is 0 Å². The second-order valence-electron chi connectivity index (χ2n) is 10.5. The molecule has 2 aliphatic rings. The first-order valence-corrected chi connectivity index (χ1v) is 11.9. The fourth-order valence-corrected chi connectivity index (χ4v) is 4.56. The fourth-order valence-electron chi connectivity index (χ4n) is 4.41. The zero-order valence-corrected chi connectivity index (χ0v) is 21.7. The van der Waals surface area contributed by atoms with Crippen LogP contribution in [0.1, 0.15) is 59.4 Å². The molecule has 0 saturated carbocycles. The van der Waals surface area contributed by atoms with Gasteiger partial charge in [0.1, 0.15) is 11.6 Å². The number of benzene rings is 1. The number of methoxy groups -OCH3 is 1. The van der Waals surface area contributed by atoms with Crippen LogP contribution < -0.4 is 10.6 Å². The van der Waals surface area contributed by atoms with Crippen molar-refractivity contribution in [2.45, 2.75) is 76.7 Å². The predicted octanol–water partition coefficient (Wildman–Crippen LogP) is 4.57. The summed E-state index contributed by atoms with van der Waals surface area (Å²) >= 11 is 6.03. The van der Waals surface area contributed by atoms with Crippen molar-refractivity contribution in [2.75, 3.05) is 25.5 Å². The van der Waals surface area contributed by atoms with E-state index in [1.54, 1.807) is 34.6 Å². The van der Waals surface area contributed by atoms with Crippen molar-refractivity contribution >= 4 is 35.4 Å². The Morgan fingerprint density at radius 2 is 2.00 bits per heavy atom. The summed E-state index contributed by atoms with van der Waals surface area (Å²) in [6.07, 6.45) is -0.578. The molecule has 11 heteroatoms. The molecule has 9 nitrogen and oxygen atoms in total. The minimum atomic E-state index is -1.41. The maximum atomic E-state index is 15.2. The number of alkyl carbamates (subject to hydrolysis) is 1. The topological polar surface area (TPSA) is 106 Å². The van der Waals surface area contributed by atoms with Gasteiger partial charge >= 0.3 is 12.2 Å². The molecule has 0 radical (unpaired) electrons. The second-order valence-corrected chi connectivity index (χ2v) is 10.9. The third-order valence-electron chi connectivity index (χ3n) is 6.08. The molecule has 1 fully saturated rings. The predicted molar refractivity (Wildman–Crippen MR) is 128 cm³/mol. The number of hydrogen-bond donors (Lipinski definition) is 2. The number of anilines is 1. The van der Waals surface area contributed by atoms with Crippen LogP contribution >= 0.6 is 11.6 Å². The molecule has 3 amide bonds. The Morgan fingerprint density at radius 1 is 1.31 bits per heavy atom. The minimum absolute atomic E-state index is 0.0938. The van der Waals surface area contributed by atoms with Crippen LogP contribution in [0.4, 0.5) is 19.7 Å². The average molecular weight is 514 g/mol. The number of likely N-dealkylation sites (tertiary alicyclic amines) is 1. The van der Waals surface area contributed by atoms with Gasteiger partial charge in [0.25, 0.3) is 0 Å². The standard InChI is InChI=1S/C24H33ClFN3O6/c1-22(2,3)34-20(31)28-16(12-23(4,5)33-6)19(30)29-11-7-10-24(13-29)17-15(27-21(32)35-24)9-8-14(25)18(17)26/h8-9,16H,7,10-13H2,1-6H3,(H,27,32)(H,28,31)/t16-,24-/m0/s1. The Bertz CT molecular complexity index is 1010. The SMILES string of the molecule is COC(C)(C)C[C@H](NC(=O)OC(C)(C)C)C(=O)N1CCC[C@@]2(C1)OC(=O)Nc1ccc(Cl)c(F)c12. The molecular formula is C24H33ClFN3O6. The van der Waals surface area contributed by atoms with Gasteiger partial charge in [-0.25, -0.2) is 14.0 Å². The lowest BCUT2D eigenvalue weighted by atomic mass is 9.82. The van der Waals surface area contributed by atoms with Crippen molar-refractivity contribution < 1.29 is 33.0 Å². The number of carbonyl (C=O) groups excluding carboxylic acids is 3. The summed E-state index contributed by atoms with van der Waals surface area (Å²) in [5, 5.41) is 5.04. The lowest BCUT2D eigenvalue weighted by Gasteiger charge is -2.46. The Labute approximate surface area is 209 Å². The molecule has 3 rings (SSSR count). The van der Waals surface area contributed by atoms with E-state index in [0.717, 1.165) is 0 Å². The average Bonchev–Trinajstić information content (AvgIpc) is 2.73. The van der Waals surface area contributed by atoms with E-state index in [-0.39, 0.29) is 29.2 Å². The summed E-state index contributed by atoms with van der Waals surface area (Å²) in [5.74, 6) is -1.12. The molecule has 2 atom stereocenters. The number of halogens is 2. The second kappa shape index (κ2) is 9.81. The zero-order chi connectivity index (χ0) is 26.2. The quantitative estimate of drug-likeness (QED) is 0.597. The van der Waals surface area contributed by atoms with Crippen molar-refractivity contribution in [1.29, 1.82) is 0 Å². The highest BCUT2D eigenvalue weighted by Gasteiger charge is 2.49. The lowest BCUT2D eigenvalue weighted by molar-refractivity contribution is -0.143. The van der Waals surface area contributed by atoms with E-state index >= 15 is 4.39 Å². The van der Waals surface area contributed by atoms with E-state index < -0.39 is 46.8 Å². The Balaban J connectivity index is 1.92. The van der Waals surface area contributed by atoms with Crippen LogP contribution in [0.5, 0.6) is 0 Å². The molecule has 2 heterocycles. The molecule has 35 heavy (non-hydrogen) atoms. The zero-order valence-electron chi connectivity index (χ0n) is 20.9. The number of carbonyl (C=O) groups is 3. The van der Waals surface area contributed by atoms with Crippen molar-refractivity contribution in [3.05, 3.63) is 28.5 Å². The molecule has 0 aromatic heterocycles. The van der Waals surface area contributed by atoms with Crippen LogP contribution in [0.2, 0.25) is 5.02 Å². The van der Waals surface area contributed by atoms with E-state index in [9.17, 15) is 14.4 Å². The van der Waals surface area contributed by atoms with Gasteiger partial charge in [-0.2, -0.15) is 0 Å². The number of hydrogen-bond acceptors (Lipinski definition) is 6. The van der Waals surface area contributed by atoms with E-state index in [2.05, 4.69) is 10.6 Å². The summed E-state index contributed by atoms with van der Waals surface area (Å²) in [6, 6.07) is 1.88. The molecule has 2 N–H and O–H groups in total. The van der Waals surface area contributed by atoms with Crippen LogP contribution in [0, 0.1) is 5.82 Å². The molecule has 1 aromatic carbocycles. The van der Waals surface area contributed by atoms with Crippen LogP contribution in [0.15, 0.2) is 12.1 Å². The van der Waals surface area contributed by atoms with Crippen molar-refractivity contribution in [3.63, 3.8) is 0 Å². The largest absolute Gasteiger partial charge is 0.444 e. The van der Waals surface area contributed by atoms with Gasteiger partial charge in [0.2, 0.25) is 5.91 Å². The van der Waals surface area contributed by atoms with Gasteiger partial charge in [-0.05, 0) is 59.6 Å². The first-order valence-electron chi connectivity index (χ1n) is 11.5. The van der Waals surface area contributed by atoms with Gasteiger partial charge in [0.15, 0.2) is 11.4 Å². The lowest BCUT2D eigenvalue weighted by Crippen LogP contribution is -2.58. The third-order valence-corrected chi connectivity index (χ3v) is 6.37. The minimum Gasteiger partial charge on any atom is -0.444 e. The van der Waals surface area contributed by atoms with E-state index in [1.165, 1.54) is 24.1 Å². The van der Waals surface area contributed by atoms with Crippen LogP contribution in [-0.2, 0) is 24.6 Å². The van der Waals surface area contributed by atoms with Crippen LogP contribution in [-0.4, -0.2) is 60.4 Å². The number of fused-ring (bicyclic) bond motifs is 2. The molecule has 0 aliphatic carbocycles. The molecular weight excluding hydrogens is 481 g/mol. The van der Waals surface area contributed by atoms with Crippen molar-refractivity contribution in [3.8, 4) is 0 Å². The molecule has 0 bridgehead atoms. The summed E-state index contributed by atoms with van der Waals surface area (Å²) < 4.78 is 31.6. The molecule has 2 aliphatic heterocycles. The maximum absolute atomic E-state index is 15.2. The highest BCUT2D eigenvalue weighted by Crippen LogP contribution is 2.45. The Kier molecular flexibility index (Phi) is 7.57. The number of nitrogens with zero attached hydrogens (tertiary/aromatic N) is 1. The molecule has 0 unspecified atom stereocenters. The number of nitrogens with one attached hydrogen (secondary N) is 2. The van der Waals surface area contributed by atoms with Gasteiger partial charge in [-0.15, -0.1) is 0 Å². The number of ether oxygens (including phenoxy) is 3. The van der Waals surface area contributed by atoms with Gasteiger partial charge < -0.3 is 24.4 Å². The summed E-state index contributed by atoms with van der Waals surface area (Å²) in [4.78, 5) is 40.0. The van der Waals surface area contributed by atoms with Gasteiger partial charge in [0.05, 0.1) is 28.4 Å². The van der Waals surface area contributed by atoms with Gasteiger partial charge in [-0.1, -0.05) is 11.6 Å². The molecule has 1 aromatic rings. The smallest absolute Gasteiger partial charge is 0.412 e. The Morgan fingerprint density at radius 3 is 2.63 bits per heavy atom. The number of amides is 3. The van der Waals surface area contributed by atoms with Gasteiger partial charge in [0, 0.05) is 20.1 Å². The molecule has 1 saturated heterocycles. The van der Waals surface area contributed by atoms with Crippen LogP contribution in [0.3, 0.4) is 0 Å². The van der Waals surface area contributed by atoms with Crippen molar-refractivity contribution in [2.24, 2.45) is 0 Å². The molecule has 1 spiro atoms. The highest BCUT2D eigenvalue weighted by atomic mass is 35.5. The van der Waals surface area contributed by atoms with Crippen molar-refractivity contribution in [1.82, 2.24) is 10.2 Å². The summed E-state index contributed by atoms with van der Waals surface area (Å²) in [7, 11) is 1.52. The summed E-state index contributed by atoms with van der Waals surface area (Å²) in [5.41, 5.74) is -2.55. The fraction of sp³-hybridized carbons (Fsp3) is 0.625. The maximum Gasteiger partial charge on any atom is 0.412 e. The normalized spacial score (nSPS) is 21.0. The monoisotopic (exact) mass is 513 g/mol. The van der Waals surface area contributed by atoms with Gasteiger partial charge in [-0.3, -0.25) is 10.1 Å². The first kappa shape index (κ1) is 27.0. The summed E-state index contributed by atoms with van der Waals surface area (Å²) in [6.45, 7) is 9.00. The number of piperidine rings is 1. The third kappa shape index (κ3) is 6.16. The molecule has 194 valence electrons. The number of rotatable bonds is 5.